The number of rotatable bonds is 2. The fourth-order valence-electron chi connectivity index (χ4n) is 2.10. The summed E-state index contributed by atoms with van der Waals surface area (Å²) >= 11 is 10.3. The molecular formula is C15H8BrClF3NS. The monoisotopic (exact) mass is 405 g/mol. The minimum Gasteiger partial charge on any atom is -0.350 e. The van der Waals surface area contributed by atoms with Crippen LogP contribution in [0.3, 0.4) is 0 Å². The number of benzene rings is 2. The SMILES string of the molecule is FC(F)(F)c1[nH]c2cc(Cl)ccc2c1Sc1cccc(Br)c1. The van der Waals surface area contributed by atoms with E-state index in [4.69, 9.17) is 11.6 Å². The predicted molar refractivity (Wildman–Crippen MR) is 86.6 cm³/mol. The smallest absolute Gasteiger partial charge is 0.350 e. The number of nitrogens with one attached hydrogen (secondary N) is 1. The van der Waals surface area contributed by atoms with Gasteiger partial charge in [0.1, 0.15) is 5.69 Å². The van der Waals surface area contributed by atoms with Gasteiger partial charge in [-0.1, -0.05) is 51.4 Å². The van der Waals surface area contributed by atoms with E-state index in [2.05, 4.69) is 20.9 Å². The topological polar surface area (TPSA) is 15.8 Å². The minimum atomic E-state index is -4.46. The molecule has 0 spiro atoms. The molecule has 0 atom stereocenters. The normalized spacial score (nSPS) is 12.0. The Morgan fingerprint density at radius 3 is 2.55 bits per heavy atom. The molecule has 0 aliphatic carbocycles. The Morgan fingerprint density at radius 2 is 1.86 bits per heavy atom. The quantitative estimate of drug-likeness (QED) is 0.497. The second kappa shape index (κ2) is 5.83. The zero-order valence-corrected chi connectivity index (χ0v) is 14.0. The molecule has 3 aromatic rings. The Kier molecular flexibility index (Phi) is 4.18. The lowest BCUT2D eigenvalue weighted by atomic mass is 10.2. The number of fused-ring (bicyclic) bond motifs is 1. The van der Waals surface area contributed by atoms with Gasteiger partial charge < -0.3 is 4.98 Å². The van der Waals surface area contributed by atoms with Crippen LogP contribution in [0.1, 0.15) is 5.69 Å². The number of aromatic nitrogens is 1. The van der Waals surface area contributed by atoms with Crippen LogP contribution < -0.4 is 0 Å². The highest BCUT2D eigenvalue weighted by molar-refractivity contribution is 9.10. The van der Waals surface area contributed by atoms with Crippen LogP contribution in [-0.2, 0) is 6.18 Å². The number of halogens is 5. The Labute approximate surface area is 142 Å². The molecule has 1 aromatic heterocycles. The highest BCUT2D eigenvalue weighted by Crippen LogP contribution is 2.44. The van der Waals surface area contributed by atoms with Crippen LogP contribution in [0.2, 0.25) is 5.02 Å². The summed E-state index contributed by atoms with van der Waals surface area (Å²) in [6.07, 6.45) is -4.46. The van der Waals surface area contributed by atoms with Crippen molar-refractivity contribution < 1.29 is 13.2 Å². The molecule has 0 bridgehead atoms. The fraction of sp³-hybridized carbons (Fsp3) is 0.0667. The summed E-state index contributed by atoms with van der Waals surface area (Å²) < 4.78 is 40.7. The van der Waals surface area contributed by atoms with Crippen molar-refractivity contribution in [1.29, 1.82) is 0 Å². The van der Waals surface area contributed by atoms with Crippen LogP contribution in [0.15, 0.2) is 56.7 Å². The van der Waals surface area contributed by atoms with Gasteiger partial charge in [-0.2, -0.15) is 13.2 Å². The summed E-state index contributed by atoms with van der Waals surface area (Å²) in [5, 5.41) is 0.892. The van der Waals surface area contributed by atoms with Gasteiger partial charge in [0.15, 0.2) is 0 Å². The van der Waals surface area contributed by atoms with Crippen molar-refractivity contribution in [2.75, 3.05) is 0 Å². The van der Waals surface area contributed by atoms with Gasteiger partial charge in [0.05, 0.1) is 4.90 Å². The Bertz CT molecular complexity index is 844. The van der Waals surface area contributed by atoms with Crippen molar-refractivity contribution in [1.82, 2.24) is 4.98 Å². The van der Waals surface area contributed by atoms with Gasteiger partial charge in [-0.3, -0.25) is 0 Å². The highest BCUT2D eigenvalue weighted by Gasteiger charge is 2.36. The van der Waals surface area contributed by atoms with Crippen molar-refractivity contribution in [3.05, 3.63) is 57.7 Å². The van der Waals surface area contributed by atoms with Crippen molar-refractivity contribution in [3.63, 3.8) is 0 Å². The third-order valence-electron chi connectivity index (χ3n) is 3.01. The molecular weight excluding hydrogens is 399 g/mol. The first kappa shape index (κ1) is 15.8. The summed E-state index contributed by atoms with van der Waals surface area (Å²) in [5.74, 6) is 0. The van der Waals surface area contributed by atoms with E-state index in [9.17, 15) is 13.2 Å². The number of H-pyrrole nitrogens is 1. The Balaban J connectivity index is 2.17. The molecule has 0 unspecified atom stereocenters. The van der Waals surface area contributed by atoms with Gasteiger partial charge in [-0.05, 0) is 30.3 Å². The van der Waals surface area contributed by atoms with Crippen LogP contribution in [0.5, 0.6) is 0 Å². The van der Waals surface area contributed by atoms with Crippen molar-refractivity contribution in [3.8, 4) is 0 Å². The third kappa shape index (κ3) is 3.14. The van der Waals surface area contributed by atoms with Crippen molar-refractivity contribution in [2.24, 2.45) is 0 Å². The first-order valence-electron chi connectivity index (χ1n) is 6.16. The Morgan fingerprint density at radius 1 is 1.09 bits per heavy atom. The fourth-order valence-corrected chi connectivity index (χ4v) is 3.95. The first-order chi connectivity index (χ1) is 10.3. The van der Waals surface area contributed by atoms with E-state index in [-0.39, 0.29) is 4.90 Å². The maximum absolute atomic E-state index is 13.3. The molecule has 0 saturated heterocycles. The van der Waals surface area contributed by atoms with E-state index in [1.165, 1.54) is 6.07 Å². The van der Waals surface area contributed by atoms with Gasteiger partial charge in [-0.15, -0.1) is 0 Å². The van der Waals surface area contributed by atoms with E-state index in [0.29, 0.717) is 15.9 Å². The van der Waals surface area contributed by atoms with Gasteiger partial charge >= 0.3 is 6.18 Å². The molecule has 3 rings (SSSR count). The molecule has 0 radical (unpaired) electrons. The number of alkyl halides is 3. The largest absolute Gasteiger partial charge is 0.432 e. The Hall–Kier alpha value is -1.11. The summed E-state index contributed by atoms with van der Waals surface area (Å²) in [7, 11) is 0. The van der Waals surface area contributed by atoms with Crippen LogP contribution >= 0.6 is 39.3 Å². The number of hydrogen-bond donors (Lipinski definition) is 1. The van der Waals surface area contributed by atoms with Gasteiger partial charge in [0.25, 0.3) is 0 Å². The lowest BCUT2D eigenvalue weighted by Gasteiger charge is -2.08. The highest BCUT2D eigenvalue weighted by atomic mass is 79.9. The molecule has 0 fully saturated rings. The maximum atomic E-state index is 13.3. The second-order valence-electron chi connectivity index (χ2n) is 4.58. The molecule has 1 heterocycles. The molecule has 0 saturated carbocycles. The average molecular weight is 407 g/mol. The summed E-state index contributed by atoms with van der Waals surface area (Å²) in [6.45, 7) is 0. The summed E-state index contributed by atoms with van der Waals surface area (Å²) in [4.78, 5) is 3.31. The molecule has 0 aliphatic heterocycles. The first-order valence-corrected chi connectivity index (χ1v) is 8.15. The third-order valence-corrected chi connectivity index (χ3v) is 4.86. The molecule has 22 heavy (non-hydrogen) atoms. The summed E-state index contributed by atoms with van der Waals surface area (Å²) in [6, 6.07) is 11.8. The number of aromatic amines is 1. The molecule has 2 aromatic carbocycles. The summed E-state index contributed by atoms with van der Waals surface area (Å²) in [5.41, 5.74) is -0.382. The molecule has 114 valence electrons. The number of hydrogen-bond acceptors (Lipinski definition) is 1. The minimum absolute atomic E-state index is 0.150. The van der Waals surface area contributed by atoms with E-state index < -0.39 is 11.9 Å². The van der Waals surface area contributed by atoms with Crippen LogP contribution in [0, 0.1) is 0 Å². The van der Waals surface area contributed by atoms with Gasteiger partial charge in [0.2, 0.25) is 0 Å². The molecule has 1 N–H and O–H groups in total. The molecule has 7 heteroatoms. The van der Waals surface area contributed by atoms with Crippen molar-refractivity contribution in [2.45, 2.75) is 16.0 Å². The molecule has 0 amide bonds. The zero-order chi connectivity index (χ0) is 15.9. The molecule has 1 nitrogen and oxygen atoms in total. The predicted octanol–water partition coefficient (Wildman–Crippen LogP) is 6.75. The van der Waals surface area contributed by atoms with Gasteiger partial charge in [-0.25, -0.2) is 0 Å². The lowest BCUT2D eigenvalue weighted by molar-refractivity contribution is -0.142. The zero-order valence-electron chi connectivity index (χ0n) is 10.8. The molecule has 0 aliphatic rings. The van der Waals surface area contributed by atoms with E-state index in [1.807, 2.05) is 6.07 Å². The van der Waals surface area contributed by atoms with Crippen LogP contribution in [-0.4, -0.2) is 4.98 Å². The van der Waals surface area contributed by atoms with Crippen molar-refractivity contribution >= 4 is 50.2 Å². The second-order valence-corrected chi connectivity index (χ2v) is 7.01. The lowest BCUT2D eigenvalue weighted by Crippen LogP contribution is -2.06. The maximum Gasteiger partial charge on any atom is 0.432 e. The van der Waals surface area contributed by atoms with E-state index in [0.717, 1.165) is 21.1 Å². The van der Waals surface area contributed by atoms with Gasteiger partial charge in [0, 0.05) is 25.3 Å². The van der Waals surface area contributed by atoms with E-state index in [1.54, 1.807) is 30.3 Å². The average Bonchev–Trinajstić information content (AvgIpc) is 2.77. The van der Waals surface area contributed by atoms with E-state index >= 15 is 0 Å². The van der Waals surface area contributed by atoms with Crippen LogP contribution in [0.25, 0.3) is 10.9 Å². The standard InChI is InChI=1S/C15H8BrClF3NS/c16-8-2-1-3-10(6-8)22-13-11-5-4-9(17)7-12(11)21-14(13)15(18,19)20/h1-7,21H. The van der Waals surface area contributed by atoms with Crippen LogP contribution in [0.4, 0.5) is 13.2 Å².